The van der Waals surface area contributed by atoms with Crippen molar-refractivity contribution in [2.24, 2.45) is 0 Å². The highest BCUT2D eigenvalue weighted by Gasteiger charge is 2.17. The van der Waals surface area contributed by atoms with Crippen LogP contribution in [0.1, 0.15) is 32.4 Å². The zero-order valence-electron chi connectivity index (χ0n) is 11.4. The fourth-order valence-corrected chi connectivity index (χ4v) is 2.22. The van der Waals surface area contributed by atoms with Crippen LogP contribution in [0.5, 0.6) is 0 Å². The fraction of sp³-hybridized carbons (Fsp3) is 0.500. The van der Waals surface area contributed by atoms with Gasteiger partial charge < -0.3 is 10.4 Å². The maximum atomic E-state index is 11.8. The Bertz CT molecular complexity index is 414. The van der Waals surface area contributed by atoms with E-state index >= 15 is 0 Å². The molecule has 0 aliphatic carbocycles. The first kappa shape index (κ1) is 16.3. The van der Waals surface area contributed by atoms with Gasteiger partial charge in [0, 0.05) is 9.77 Å². The van der Waals surface area contributed by atoms with Crippen LogP contribution in [0.15, 0.2) is 24.3 Å². The number of hydrogen-bond acceptors (Lipinski definition) is 3. The van der Waals surface area contributed by atoms with Crippen LogP contribution >= 0.6 is 23.4 Å². The van der Waals surface area contributed by atoms with E-state index in [2.05, 4.69) is 26.1 Å². The zero-order chi connectivity index (χ0) is 14.5. The van der Waals surface area contributed by atoms with Crippen LogP contribution in [0.3, 0.4) is 0 Å². The van der Waals surface area contributed by atoms with Crippen molar-refractivity contribution in [3.8, 4) is 0 Å². The number of aliphatic hydroxyl groups is 1. The number of rotatable bonds is 5. The molecule has 0 spiro atoms. The first-order chi connectivity index (χ1) is 8.81. The van der Waals surface area contributed by atoms with Crippen molar-refractivity contribution < 1.29 is 9.90 Å². The smallest absolute Gasteiger partial charge is 0.230 e. The van der Waals surface area contributed by atoms with Gasteiger partial charge in [0.05, 0.1) is 18.4 Å². The van der Waals surface area contributed by atoms with Gasteiger partial charge in [0.15, 0.2) is 0 Å². The van der Waals surface area contributed by atoms with Crippen molar-refractivity contribution in [2.45, 2.75) is 31.6 Å². The van der Waals surface area contributed by atoms with Crippen LogP contribution in [-0.4, -0.2) is 28.1 Å². The summed E-state index contributed by atoms with van der Waals surface area (Å²) < 4.78 is 0.0479. The lowest BCUT2D eigenvalue weighted by Crippen LogP contribution is -2.33. The first-order valence-electron chi connectivity index (χ1n) is 6.11. The summed E-state index contributed by atoms with van der Waals surface area (Å²) in [6.45, 7) is 6.06. The molecule has 1 aromatic rings. The van der Waals surface area contributed by atoms with E-state index in [1.807, 2.05) is 0 Å². The van der Waals surface area contributed by atoms with E-state index in [0.29, 0.717) is 10.8 Å². The molecule has 1 unspecified atom stereocenters. The highest BCUT2D eigenvalue weighted by Crippen LogP contribution is 2.23. The number of nitrogens with one attached hydrogen (secondary N) is 1. The number of aliphatic hydroxyl groups excluding tert-OH is 1. The summed E-state index contributed by atoms with van der Waals surface area (Å²) in [5.41, 5.74) is 0.848. The Morgan fingerprint density at radius 3 is 2.42 bits per heavy atom. The summed E-state index contributed by atoms with van der Waals surface area (Å²) in [7, 11) is 0. The molecule has 19 heavy (non-hydrogen) atoms. The number of benzene rings is 1. The van der Waals surface area contributed by atoms with Gasteiger partial charge in [-0.1, -0.05) is 44.5 Å². The van der Waals surface area contributed by atoms with Gasteiger partial charge in [-0.05, 0) is 17.7 Å². The summed E-state index contributed by atoms with van der Waals surface area (Å²) in [5, 5.41) is 12.8. The number of thioether (sulfide) groups is 1. The molecule has 2 N–H and O–H groups in total. The van der Waals surface area contributed by atoms with Gasteiger partial charge in [-0.15, -0.1) is 11.8 Å². The number of carbonyl (C=O) groups is 1. The van der Waals surface area contributed by atoms with Crippen molar-refractivity contribution in [3.63, 3.8) is 0 Å². The maximum Gasteiger partial charge on any atom is 0.230 e. The Balaban J connectivity index is 2.57. The summed E-state index contributed by atoms with van der Waals surface area (Å²) in [5.74, 6) is 0.307. The maximum absolute atomic E-state index is 11.8. The van der Waals surface area contributed by atoms with Gasteiger partial charge in [-0.2, -0.15) is 0 Å². The average molecular weight is 302 g/mol. The topological polar surface area (TPSA) is 49.3 Å². The van der Waals surface area contributed by atoms with Gasteiger partial charge in [-0.25, -0.2) is 0 Å². The quantitative estimate of drug-likeness (QED) is 0.879. The normalized spacial score (nSPS) is 13.1. The molecule has 0 heterocycles. The monoisotopic (exact) mass is 301 g/mol. The van der Waals surface area contributed by atoms with Crippen LogP contribution in [0.25, 0.3) is 0 Å². The minimum absolute atomic E-state index is 0.0479. The first-order valence-corrected chi connectivity index (χ1v) is 7.48. The van der Waals surface area contributed by atoms with Crippen molar-refractivity contribution in [1.29, 1.82) is 0 Å². The van der Waals surface area contributed by atoms with E-state index in [1.54, 1.807) is 36.0 Å². The highest BCUT2D eigenvalue weighted by molar-refractivity contribution is 8.01. The standard InChI is InChI=1S/C14H20ClNO2S/c1-14(2,3)19-9-13(18)16-12(8-17)10-4-6-11(15)7-5-10/h4-7,12,17H,8-9H2,1-3H3,(H,16,18). The predicted octanol–water partition coefficient (Wildman–Crippen LogP) is 3.02. The molecule has 1 amide bonds. The molecule has 0 saturated carbocycles. The lowest BCUT2D eigenvalue weighted by molar-refractivity contribution is -0.119. The SMILES string of the molecule is CC(C)(C)SCC(=O)NC(CO)c1ccc(Cl)cc1. The molecule has 0 saturated heterocycles. The number of halogens is 1. The molecular weight excluding hydrogens is 282 g/mol. The number of amides is 1. The summed E-state index contributed by atoms with van der Waals surface area (Å²) in [6.07, 6.45) is 0. The minimum atomic E-state index is -0.384. The highest BCUT2D eigenvalue weighted by atomic mass is 35.5. The second-order valence-corrected chi connectivity index (χ2v) is 7.49. The summed E-state index contributed by atoms with van der Waals surface area (Å²) >= 11 is 7.39. The van der Waals surface area contributed by atoms with Crippen LogP contribution in [0.2, 0.25) is 5.02 Å². The van der Waals surface area contributed by atoms with Crippen molar-refractivity contribution >= 4 is 29.3 Å². The van der Waals surface area contributed by atoms with Gasteiger partial charge in [0.1, 0.15) is 0 Å². The number of carbonyl (C=O) groups excluding carboxylic acids is 1. The van der Waals surface area contributed by atoms with Crippen LogP contribution < -0.4 is 5.32 Å². The molecule has 0 bridgehead atoms. The van der Waals surface area contributed by atoms with Crippen molar-refractivity contribution in [1.82, 2.24) is 5.32 Å². The third kappa shape index (κ3) is 6.32. The Labute approximate surface area is 123 Å². The van der Waals surface area contributed by atoms with Crippen molar-refractivity contribution in [3.05, 3.63) is 34.9 Å². The van der Waals surface area contributed by atoms with Crippen LogP contribution in [-0.2, 0) is 4.79 Å². The van der Waals surface area contributed by atoms with Gasteiger partial charge in [0.25, 0.3) is 0 Å². The Hall–Kier alpha value is -0.710. The molecule has 1 rings (SSSR count). The second kappa shape index (κ2) is 7.17. The van der Waals surface area contributed by atoms with E-state index in [-0.39, 0.29) is 23.3 Å². The molecule has 0 radical (unpaired) electrons. The Morgan fingerprint density at radius 2 is 1.95 bits per heavy atom. The van der Waals surface area contributed by atoms with E-state index in [0.717, 1.165) is 5.56 Å². The summed E-state index contributed by atoms with van der Waals surface area (Å²) in [4.78, 5) is 11.8. The fourth-order valence-electron chi connectivity index (χ4n) is 1.45. The molecule has 1 atom stereocenters. The molecular formula is C14H20ClNO2S. The van der Waals surface area contributed by atoms with E-state index in [4.69, 9.17) is 11.6 Å². The van der Waals surface area contributed by atoms with Gasteiger partial charge in [0.2, 0.25) is 5.91 Å². The minimum Gasteiger partial charge on any atom is -0.394 e. The molecule has 0 aliphatic rings. The van der Waals surface area contributed by atoms with Crippen LogP contribution in [0, 0.1) is 0 Å². The molecule has 1 aromatic carbocycles. The zero-order valence-corrected chi connectivity index (χ0v) is 13.0. The average Bonchev–Trinajstić information content (AvgIpc) is 2.34. The molecule has 5 heteroatoms. The molecule has 0 aromatic heterocycles. The van der Waals surface area contributed by atoms with E-state index in [9.17, 15) is 9.90 Å². The lowest BCUT2D eigenvalue weighted by Gasteiger charge is -2.20. The van der Waals surface area contributed by atoms with E-state index in [1.165, 1.54) is 0 Å². The second-order valence-electron chi connectivity index (χ2n) is 5.26. The van der Waals surface area contributed by atoms with Crippen LogP contribution in [0.4, 0.5) is 0 Å². The van der Waals surface area contributed by atoms with E-state index < -0.39 is 0 Å². The third-order valence-corrected chi connectivity index (χ3v) is 3.95. The Kier molecular flexibility index (Phi) is 6.17. The van der Waals surface area contributed by atoms with Crippen molar-refractivity contribution in [2.75, 3.05) is 12.4 Å². The number of hydrogen-bond donors (Lipinski definition) is 2. The largest absolute Gasteiger partial charge is 0.394 e. The molecule has 3 nitrogen and oxygen atoms in total. The van der Waals surface area contributed by atoms with Gasteiger partial charge >= 0.3 is 0 Å². The molecule has 0 fully saturated rings. The lowest BCUT2D eigenvalue weighted by atomic mass is 10.1. The van der Waals surface area contributed by atoms with Gasteiger partial charge in [-0.3, -0.25) is 4.79 Å². The third-order valence-electron chi connectivity index (χ3n) is 2.43. The Morgan fingerprint density at radius 1 is 1.37 bits per heavy atom. The molecule has 0 aliphatic heterocycles. The molecule has 106 valence electrons. The summed E-state index contributed by atoms with van der Waals surface area (Å²) in [6, 6.07) is 6.72. The predicted molar refractivity (Wildman–Crippen MR) is 81.6 cm³/mol.